The van der Waals surface area contributed by atoms with Gasteiger partial charge >= 0.3 is 5.97 Å². The number of carboxylic acid groups (broad SMARTS) is 1. The zero-order chi connectivity index (χ0) is 17.7. The van der Waals surface area contributed by atoms with Crippen LogP contribution in [-0.2, 0) is 11.3 Å². The zero-order valence-electron chi connectivity index (χ0n) is 14.0. The van der Waals surface area contributed by atoms with Crippen molar-refractivity contribution in [2.45, 2.75) is 32.9 Å². The number of carboxylic acids is 1. The van der Waals surface area contributed by atoms with E-state index in [-0.39, 0.29) is 0 Å². The van der Waals surface area contributed by atoms with Gasteiger partial charge in [0.2, 0.25) is 0 Å². The Morgan fingerprint density at radius 1 is 1.29 bits per heavy atom. The molecule has 0 spiro atoms. The van der Waals surface area contributed by atoms with Crippen LogP contribution in [-0.4, -0.2) is 53.5 Å². The summed E-state index contributed by atoms with van der Waals surface area (Å²) in [4.78, 5) is 13.1. The van der Waals surface area contributed by atoms with Crippen molar-refractivity contribution in [3.05, 3.63) is 22.7 Å². The van der Waals surface area contributed by atoms with E-state index in [0.717, 1.165) is 5.56 Å². The number of β-amino-alcohol motifs (C(OH)–C–C–N with tert-alkyl or cyclic N) is 1. The van der Waals surface area contributed by atoms with Crippen LogP contribution in [0, 0.1) is 5.92 Å². The number of aliphatic hydroxyl groups excluding tert-OH is 1. The summed E-state index contributed by atoms with van der Waals surface area (Å²) in [5, 5.41) is 19.7. The highest BCUT2D eigenvalue weighted by Gasteiger charge is 2.32. The van der Waals surface area contributed by atoms with Gasteiger partial charge in [-0.05, 0) is 38.4 Å². The lowest BCUT2D eigenvalue weighted by molar-refractivity contribution is -0.148. The predicted molar refractivity (Wildman–Crippen MR) is 90.8 cm³/mol. The van der Waals surface area contributed by atoms with Crippen LogP contribution in [0.4, 0.5) is 0 Å². The fraction of sp³-hybridized carbons (Fsp3) is 0.588. The van der Waals surface area contributed by atoms with E-state index in [9.17, 15) is 9.90 Å². The molecule has 24 heavy (non-hydrogen) atoms. The molecule has 2 rings (SSSR count). The molecule has 1 fully saturated rings. The molecule has 0 amide bonds. The summed E-state index contributed by atoms with van der Waals surface area (Å²) < 4.78 is 11.2. The number of hydrogen-bond acceptors (Lipinski definition) is 5. The molecule has 2 atom stereocenters. The number of likely N-dealkylation sites (tertiary alicyclic amines) is 1. The lowest BCUT2D eigenvalue weighted by Crippen LogP contribution is -2.46. The lowest BCUT2D eigenvalue weighted by atomic mass is 9.94. The van der Waals surface area contributed by atoms with Gasteiger partial charge in [0, 0.05) is 24.2 Å². The number of rotatable bonds is 7. The van der Waals surface area contributed by atoms with Crippen LogP contribution in [0.1, 0.15) is 25.8 Å². The number of aliphatic hydroxyl groups is 1. The Kier molecular flexibility index (Phi) is 6.71. The topological polar surface area (TPSA) is 79.2 Å². The quantitative estimate of drug-likeness (QED) is 0.780. The molecule has 1 aliphatic heterocycles. The van der Waals surface area contributed by atoms with Gasteiger partial charge in [-0.2, -0.15) is 0 Å². The van der Waals surface area contributed by atoms with Crippen molar-refractivity contribution in [3.63, 3.8) is 0 Å². The Balaban J connectivity index is 2.12. The molecule has 0 unspecified atom stereocenters. The minimum atomic E-state index is -0.945. The molecular weight excluding hydrogens is 334 g/mol. The molecule has 0 radical (unpaired) electrons. The van der Waals surface area contributed by atoms with Crippen molar-refractivity contribution in [3.8, 4) is 11.5 Å². The minimum absolute atomic E-state index is 0.310. The third-order valence-electron chi connectivity index (χ3n) is 4.09. The number of aliphatic carboxylic acids is 1. The third kappa shape index (κ3) is 4.53. The Morgan fingerprint density at radius 3 is 2.46 bits per heavy atom. The molecule has 134 valence electrons. The highest BCUT2D eigenvalue weighted by molar-refractivity contribution is 6.31. The number of hydrogen-bond donors (Lipinski definition) is 2. The summed E-state index contributed by atoms with van der Waals surface area (Å²) in [5.41, 5.74) is 0.865. The van der Waals surface area contributed by atoms with Crippen molar-refractivity contribution in [2.24, 2.45) is 5.92 Å². The van der Waals surface area contributed by atoms with Crippen molar-refractivity contribution >= 4 is 17.6 Å². The maximum absolute atomic E-state index is 11.1. The Bertz CT molecular complexity index is 580. The molecule has 0 aromatic heterocycles. The van der Waals surface area contributed by atoms with Gasteiger partial charge in [0.1, 0.15) is 0 Å². The highest BCUT2D eigenvalue weighted by Crippen LogP contribution is 2.34. The van der Waals surface area contributed by atoms with Gasteiger partial charge in [-0.3, -0.25) is 9.69 Å². The molecule has 1 heterocycles. The molecule has 0 aliphatic carbocycles. The number of benzene rings is 1. The van der Waals surface area contributed by atoms with Crippen molar-refractivity contribution < 1.29 is 24.5 Å². The Morgan fingerprint density at radius 2 is 1.92 bits per heavy atom. The second kappa shape index (κ2) is 8.55. The average Bonchev–Trinajstić information content (AvgIpc) is 2.52. The van der Waals surface area contributed by atoms with Gasteiger partial charge in [0.15, 0.2) is 11.5 Å². The third-order valence-corrected chi connectivity index (χ3v) is 4.44. The molecular formula is C17H24ClNO5. The summed E-state index contributed by atoms with van der Waals surface area (Å²) in [7, 11) is 0. The van der Waals surface area contributed by atoms with Gasteiger partial charge in [-0.25, -0.2) is 0 Å². The largest absolute Gasteiger partial charge is 0.490 e. The number of piperidine rings is 1. The number of carbonyl (C=O) groups is 1. The summed E-state index contributed by atoms with van der Waals surface area (Å²) in [6.45, 7) is 6.26. The van der Waals surface area contributed by atoms with E-state index < -0.39 is 18.0 Å². The first kappa shape index (κ1) is 18.8. The molecule has 0 saturated carbocycles. The second-order valence-corrected chi connectivity index (χ2v) is 6.20. The Hall–Kier alpha value is -1.50. The van der Waals surface area contributed by atoms with E-state index in [1.807, 2.05) is 24.8 Å². The van der Waals surface area contributed by atoms with Gasteiger partial charge in [-0.15, -0.1) is 0 Å². The first-order valence-electron chi connectivity index (χ1n) is 8.17. The zero-order valence-corrected chi connectivity index (χ0v) is 14.8. The molecule has 0 bridgehead atoms. The normalized spacial score (nSPS) is 21.5. The average molecular weight is 358 g/mol. The van der Waals surface area contributed by atoms with Crippen LogP contribution in [0.25, 0.3) is 0 Å². The summed E-state index contributed by atoms with van der Waals surface area (Å²) in [5.74, 6) is -0.395. The molecule has 6 nitrogen and oxygen atoms in total. The maximum Gasteiger partial charge on any atom is 0.309 e. The molecule has 7 heteroatoms. The SMILES string of the molecule is CCOc1cc(Cl)c(CN2CC[C@H](C(=O)O)[C@H](O)C2)cc1OCC. The number of ether oxygens (including phenoxy) is 2. The molecule has 1 aliphatic rings. The van der Waals surface area contributed by atoms with Crippen molar-refractivity contribution in [1.29, 1.82) is 0 Å². The second-order valence-electron chi connectivity index (χ2n) is 5.79. The van der Waals surface area contributed by atoms with Crippen molar-refractivity contribution in [2.75, 3.05) is 26.3 Å². The summed E-state index contributed by atoms with van der Waals surface area (Å²) in [6.07, 6.45) is -0.451. The fourth-order valence-corrected chi connectivity index (χ4v) is 3.12. The molecule has 1 aromatic carbocycles. The van der Waals surface area contributed by atoms with Gasteiger partial charge in [-0.1, -0.05) is 11.6 Å². The Labute approximate surface area is 146 Å². The smallest absolute Gasteiger partial charge is 0.309 e. The number of halogens is 1. The van der Waals surface area contributed by atoms with Crippen LogP contribution < -0.4 is 9.47 Å². The summed E-state index contributed by atoms with van der Waals surface area (Å²) >= 11 is 6.35. The predicted octanol–water partition coefficient (Wildman–Crippen LogP) is 2.40. The molecule has 1 saturated heterocycles. The highest BCUT2D eigenvalue weighted by atomic mass is 35.5. The number of nitrogens with zero attached hydrogens (tertiary/aromatic N) is 1. The van der Waals surface area contributed by atoms with Gasteiger partial charge in [0.25, 0.3) is 0 Å². The van der Waals surface area contributed by atoms with Gasteiger partial charge < -0.3 is 19.7 Å². The van der Waals surface area contributed by atoms with Crippen LogP contribution in [0.2, 0.25) is 5.02 Å². The van der Waals surface area contributed by atoms with E-state index in [4.69, 9.17) is 26.2 Å². The van der Waals surface area contributed by atoms with E-state index in [0.29, 0.717) is 55.8 Å². The standard InChI is InChI=1S/C17H24ClNO5/c1-3-23-15-7-11(13(18)8-16(15)24-4-2)9-19-6-5-12(17(21)22)14(20)10-19/h7-8,12,14,20H,3-6,9-10H2,1-2H3,(H,21,22)/t12-,14+/m0/s1. The lowest BCUT2D eigenvalue weighted by Gasteiger charge is -2.34. The first-order chi connectivity index (χ1) is 11.5. The van der Waals surface area contributed by atoms with E-state index in [1.54, 1.807) is 6.07 Å². The van der Waals surface area contributed by atoms with Crippen LogP contribution in [0.5, 0.6) is 11.5 Å². The maximum atomic E-state index is 11.1. The first-order valence-corrected chi connectivity index (χ1v) is 8.55. The van der Waals surface area contributed by atoms with Crippen LogP contribution in [0.15, 0.2) is 12.1 Å². The van der Waals surface area contributed by atoms with E-state index in [2.05, 4.69) is 0 Å². The monoisotopic (exact) mass is 357 g/mol. The summed E-state index contributed by atoms with van der Waals surface area (Å²) in [6, 6.07) is 3.60. The van der Waals surface area contributed by atoms with E-state index in [1.165, 1.54) is 0 Å². The van der Waals surface area contributed by atoms with E-state index >= 15 is 0 Å². The van der Waals surface area contributed by atoms with Crippen LogP contribution >= 0.6 is 11.6 Å². The minimum Gasteiger partial charge on any atom is -0.490 e. The van der Waals surface area contributed by atoms with Crippen molar-refractivity contribution in [1.82, 2.24) is 4.90 Å². The van der Waals surface area contributed by atoms with Crippen LogP contribution in [0.3, 0.4) is 0 Å². The van der Waals surface area contributed by atoms with Gasteiger partial charge in [0.05, 0.1) is 25.2 Å². The fourth-order valence-electron chi connectivity index (χ4n) is 2.90. The molecule has 1 aromatic rings. The molecule has 2 N–H and O–H groups in total.